The maximum atomic E-state index is 12.3. The first-order valence-electron chi connectivity index (χ1n) is 9.43. The van der Waals surface area contributed by atoms with Crippen molar-refractivity contribution >= 4 is 29.3 Å². The van der Waals surface area contributed by atoms with Gasteiger partial charge >= 0.3 is 0 Å². The van der Waals surface area contributed by atoms with E-state index in [-0.39, 0.29) is 17.9 Å². The molecule has 0 unspecified atom stereocenters. The van der Waals surface area contributed by atoms with Crippen molar-refractivity contribution in [3.8, 4) is 0 Å². The van der Waals surface area contributed by atoms with Crippen molar-refractivity contribution < 1.29 is 9.59 Å². The first kappa shape index (κ1) is 19.5. The van der Waals surface area contributed by atoms with Crippen LogP contribution in [-0.4, -0.2) is 17.6 Å². The molecule has 3 rings (SSSR count). The smallest absolute Gasteiger partial charge is 0.230 e. The average Bonchev–Trinajstić information content (AvgIpc) is 2.66. The Balaban J connectivity index is 1.50. The molecule has 0 saturated carbocycles. The van der Waals surface area contributed by atoms with Gasteiger partial charge < -0.3 is 10.6 Å². The summed E-state index contributed by atoms with van der Waals surface area (Å²) >= 11 is 1.49. The van der Waals surface area contributed by atoms with Crippen molar-refractivity contribution in [2.24, 2.45) is 0 Å². The maximum absolute atomic E-state index is 12.3. The molecule has 0 saturated heterocycles. The van der Waals surface area contributed by atoms with Gasteiger partial charge in [0.15, 0.2) is 0 Å². The predicted molar refractivity (Wildman–Crippen MR) is 111 cm³/mol. The van der Waals surface area contributed by atoms with Gasteiger partial charge in [0.2, 0.25) is 11.8 Å². The highest BCUT2D eigenvalue weighted by molar-refractivity contribution is 8.00. The Kier molecular flexibility index (Phi) is 6.56. The van der Waals surface area contributed by atoms with E-state index in [0.717, 1.165) is 17.0 Å². The van der Waals surface area contributed by atoms with Crippen LogP contribution in [0, 0.1) is 0 Å². The Morgan fingerprint density at radius 1 is 1.04 bits per heavy atom. The molecule has 142 valence electrons. The molecule has 27 heavy (non-hydrogen) atoms. The number of fused-ring (bicyclic) bond motifs is 1. The number of benzene rings is 2. The lowest BCUT2D eigenvalue weighted by Gasteiger charge is -2.20. The minimum absolute atomic E-state index is 0.00692. The molecular weight excluding hydrogens is 356 g/mol. The van der Waals surface area contributed by atoms with E-state index in [1.165, 1.54) is 54.6 Å². The summed E-state index contributed by atoms with van der Waals surface area (Å²) in [5, 5.41) is 5.83. The van der Waals surface area contributed by atoms with Crippen molar-refractivity contribution in [3.63, 3.8) is 0 Å². The van der Waals surface area contributed by atoms with Crippen LogP contribution in [0.2, 0.25) is 0 Å². The molecule has 2 N–H and O–H groups in total. The Morgan fingerprint density at radius 2 is 1.74 bits per heavy atom. The van der Waals surface area contributed by atoms with Crippen molar-refractivity contribution in [2.75, 3.05) is 11.1 Å². The van der Waals surface area contributed by atoms with E-state index in [9.17, 15) is 9.59 Å². The average molecular weight is 383 g/mol. The van der Waals surface area contributed by atoms with E-state index in [2.05, 4.69) is 28.8 Å². The molecule has 0 aliphatic heterocycles. The lowest BCUT2D eigenvalue weighted by Crippen LogP contribution is -2.28. The van der Waals surface area contributed by atoms with E-state index >= 15 is 0 Å². The molecule has 2 aromatic rings. The SMILES string of the molecule is CC(=O)Nc1ccc(SCC(=O)N[C@H](C)c2ccc3c(c2)CCCC3)cc1. The quantitative estimate of drug-likeness (QED) is 0.724. The van der Waals surface area contributed by atoms with Gasteiger partial charge in [0.05, 0.1) is 11.8 Å². The van der Waals surface area contributed by atoms with Crippen LogP contribution in [0.5, 0.6) is 0 Å². The van der Waals surface area contributed by atoms with E-state index in [4.69, 9.17) is 0 Å². The van der Waals surface area contributed by atoms with Crippen LogP contribution in [0.15, 0.2) is 47.4 Å². The number of carbonyl (C=O) groups excluding carboxylic acids is 2. The van der Waals surface area contributed by atoms with Crippen LogP contribution in [-0.2, 0) is 22.4 Å². The molecule has 0 heterocycles. The predicted octanol–water partition coefficient (Wildman–Crippen LogP) is 4.49. The number of rotatable bonds is 6. The molecule has 1 aliphatic rings. The summed E-state index contributed by atoms with van der Waals surface area (Å²) in [6, 6.07) is 14.1. The normalized spacial score (nSPS) is 14.1. The van der Waals surface area contributed by atoms with Gasteiger partial charge in [-0.2, -0.15) is 0 Å². The van der Waals surface area contributed by atoms with Gasteiger partial charge in [0.25, 0.3) is 0 Å². The fourth-order valence-corrected chi connectivity index (χ4v) is 4.09. The van der Waals surface area contributed by atoms with Crippen LogP contribution in [0.4, 0.5) is 5.69 Å². The molecular formula is C22H26N2O2S. The lowest BCUT2D eigenvalue weighted by atomic mass is 9.89. The minimum atomic E-state index is -0.0917. The van der Waals surface area contributed by atoms with E-state index in [1.807, 2.05) is 31.2 Å². The fraction of sp³-hybridized carbons (Fsp3) is 0.364. The van der Waals surface area contributed by atoms with Gasteiger partial charge in [0, 0.05) is 17.5 Å². The number of anilines is 1. The molecule has 2 amide bonds. The summed E-state index contributed by atoms with van der Waals surface area (Å²) < 4.78 is 0. The Bertz CT molecular complexity index is 818. The molecule has 0 bridgehead atoms. The van der Waals surface area contributed by atoms with E-state index in [1.54, 1.807) is 0 Å². The zero-order chi connectivity index (χ0) is 19.2. The molecule has 0 aromatic heterocycles. The van der Waals surface area contributed by atoms with Gasteiger partial charge in [0.1, 0.15) is 0 Å². The number of hydrogen-bond donors (Lipinski definition) is 2. The van der Waals surface area contributed by atoms with E-state index in [0.29, 0.717) is 5.75 Å². The third kappa shape index (κ3) is 5.60. The maximum Gasteiger partial charge on any atom is 0.230 e. The van der Waals surface area contributed by atoms with Crippen molar-refractivity contribution in [1.82, 2.24) is 5.32 Å². The number of amides is 2. The van der Waals surface area contributed by atoms with Crippen LogP contribution in [0.3, 0.4) is 0 Å². The zero-order valence-corrected chi connectivity index (χ0v) is 16.7. The monoisotopic (exact) mass is 382 g/mol. The highest BCUT2D eigenvalue weighted by Crippen LogP contribution is 2.25. The van der Waals surface area contributed by atoms with Gasteiger partial charge in [-0.3, -0.25) is 9.59 Å². The molecule has 2 aromatic carbocycles. The fourth-order valence-electron chi connectivity index (χ4n) is 3.38. The first-order valence-corrected chi connectivity index (χ1v) is 10.4. The summed E-state index contributed by atoms with van der Waals surface area (Å²) in [7, 11) is 0. The zero-order valence-electron chi connectivity index (χ0n) is 15.9. The molecule has 0 spiro atoms. The number of hydrogen-bond acceptors (Lipinski definition) is 3. The standard InChI is InChI=1S/C22H26N2O2S/c1-15(18-8-7-17-5-3-4-6-19(17)13-18)23-22(26)14-27-21-11-9-20(10-12-21)24-16(2)25/h7-13,15H,3-6,14H2,1-2H3,(H,23,26)(H,24,25)/t15-/m1/s1. The van der Waals surface area contributed by atoms with Crippen LogP contribution < -0.4 is 10.6 Å². The molecule has 1 aliphatic carbocycles. The van der Waals surface area contributed by atoms with Crippen molar-refractivity contribution in [2.45, 2.75) is 50.5 Å². The van der Waals surface area contributed by atoms with Gasteiger partial charge in [-0.05, 0) is 73.6 Å². The summed E-state index contributed by atoms with van der Waals surface area (Å²) in [6.45, 7) is 3.52. The Morgan fingerprint density at radius 3 is 2.44 bits per heavy atom. The second kappa shape index (κ2) is 9.09. The third-order valence-corrected chi connectivity index (χ3v) is 5.81. The minimum Gasteiger partial charge on any atom is -0.349 e. The van der Waals surface area contributed by atoms with Crippen molar-refractivity contribution in [1.29, 1.82) is 0 Å². The summed E-state index contributed by atoms with van der Waals surface area (Å²) in [5.74, 6) is 0.302. The van der Waals surface area contributed by atoms with Crippen LogP contribution in [0.25, 0.3) is 0 Å². The number of aryl methyl sites for hydroxylation is 2. The highest BCUT2D eigenvalue weighted by Gasteiger charge is 2.14. The second-order valence-electron chi connectivity index (χ2n) is 7.02. The topological polar surface area (TPSA) is 58.2 Å². The highest BCUT2D eigenvalue weighted by atomic mass is 32.2. The summed E-state index contributed by atoms with van der Waals surface area (Å²) in [5.41, 5.74) is 4.83. The molecule has 0 fully saturated rings. The number of carbonyl (C=O) groups is 2. The molecule has 0 radical (unpaired) electrons. The lowest BCUT2D eigenvalue weighted by molar-refractivity contribution is -0.119. The number of nitrogens with one attached hydrogen (secondary N) is 2. The first-order chi connectivity index (χ1) is 13.0. The largest absolute Gasteiger partial charge is 0.349 e. The van der Waals surface area contributed by atoms with Gasteiger partial charge in [-0.25, -0.2) is 0 Å². The molecule has 1 atom stereocenters. The van der Waals surface area contributed by atoms with Gasteiger partial charge in [-0.15, -0.1) is 11.8 Å². The van der Waals surface area contributed by atoms with E-state index < -0.39 is 0 Å². The molecule has 4 nitrogen and oxygen atoms in total. The van der Waals surface area contributed by atoms with Crippen molar-refractivity contribution in [3.05, 3.63) is 59.2 Å². The summed E-state index contributed by atoms with van der Waals surface area (Å²) in [4.78, 5) is 24.4. The van der Waals surface area contributed by atoms with Crippen LogP contribution >= 0.6 is 11.8 Å². The van der Waals surface area contributed by atoms with Crippen LogP contribution in [0.1, 0.15) is 49.4 Å². The third-order valence-electron chi connectivity index (χ3n) is 4.79. The summed E-state index contributed by atoms with van der Waals surface area (Å²) in [6.07, 6.45) is 4.86. The number of thioether (sulfide) groups is 1. The van der Waals surface area contributed by atoms with Gasteiger partial charge in [-0.1, -0.05) is 18.2 Å². The Hall–Kier alpha value is -2.27. The second-order valence-corrected chi connectivity index (χ2v) is 8.07. The molecule has 5 heteroatoms. The Labute approximate surface area is 165 Å².